The number of aliphatic hydroxyl groups excluding tert-OH is 1. The van der Waals surface area contributed by atoms with Crippen molar-refractivity contribution in [2.75, 3.05) is 25.0 Å². The lowest BCUT2D eigenvalue weighted by atomic mass is 10.1. The van der Waals surface area contributed by atoms with Gasteiger partial charge in [0.25, 0.3) is 0 Å². The summed E-state index contributed by atoms with van der Waals surface area (Å²) in [6.45, 7) is 4.35. The summed E-state index contributed by atoms with van der Waals surface area (Å²) in [5.74, 6) is -0.320. The minimum atomic E-state index is -0.376. The van der Waals surface area contributed by atoms with E-state index in [1.165, 1.54) is 6.07 Å². The molecular formula is C15H21FN2O3. The molecule has 1 fully saturated rings. The van der Waals surface area contributed by atoms with Crippen LogP contribution in [0.15, 0.2) is 18.2 Å². The highest BCUT2D eigenvalue weighted by Crippen LogP contribution is 2.17. The second-order valence-electron chi connectivity index (χ2n) is 5.25. The van der Waals surface area contributed by atoms with Gasteiger partial charge in [-0.2, -0.15) is 0 Å². The van der Waals surface area contributed by atoms with Crippen molar-refractivity contribution in [2.45, 2.75) is 32.5 Å². The van der Waals surface area contributed by atoms with Crippen LogP contribution in [0, 0.1) is 5.82 Å². The Bertz CT molecular complexity index is 510. The monoisotopic (exact) mass is 296 g/mol. The Morgan fingerprint density at radius 2 is 2.29 bits per heavy atom. The summed E-state index contributed by atoms with van der Waals surface area (Å²) in [5, 5.41) is 11.8. The molecule has 0 spiro atoms. The molecule has 0 unspecified atom stereocenters. The van der Waals surface area contributed by atoms with Crippen molar-refractivity contribution < 1.29 is 19.0 Å². The van der Waals surface area contributed by atoms with E-state index in [9.17, 15) is 9.18 Å². The maximum absolute atomic E-state index is 13.7. The van der Waals surface area contributed by atoms with Gasteiger partial charge in [-0.25, -0.2) is 9.18 Å². The number of nitrogens with zero attached hydrogens (tertiary/aromatic N) is 1. The maximum atomic E-state index is 13.7. The van der Waals surface area contributed by atoms with Crippen LogP contribution in [-0.2, 0) is 11.2 Å². The molecule has 5 nitrogen and oxygen atoms in total. The molecule has 0 aliphatic carbocycles. The molecule has 1 aromatic rings. The van der Waals surface area contributed by atoms with E-state index < -0.39 is 0 Å². The fraction of sp³-hybridized carbons (Fsp3) is 0.533. The normalized spacial score (nSPS) is 22.2. The van der Waals surface area contributed by atoms with Crippen LogP contribution in [0.3, 0.4) is 0 Å². The third kappa shape index (κ3) is 3.92. The van der Waals surface area contributed by atoms with E-state index in [1.807, 2.05) is 13.8 Å². The SMILES string of the molecule is CCc1ccc(NC(=O)N2C[C@@H](CO)O[C@H](C)C2)cc1F. The van der Waals surface area contributed by atoms with Gasteiger partial charge in [-0.3, -0.25) is 0 Å². The molecule has 1 aromatic carbocycles. The van der Waals surface area contributed by atoms with Gasteiger partial charge in [-0.1, -0.05) is 13.0 Å². The van der Waals surface area contributed by atoms with Gasteiger partial charge in [0, 0.05) is 12.2 Å². The Labute approximate surface area is 123 Å². The third-order valence-corrected chi connectivity index (χ3v) is 3.50. The van der Waals surface area contributed by atoms with Crippen molar-refractivity contribution in [3.63, 3.8) is 0 Å². The highest BCUT2D eigenvalue weighted by molar-refractivity contribution is 5.89. The number of halogens is 1. The smallest absolute Gasteiger partial charge is 0.322 e. The number of carbonyl (C=O) groups excluding carboxylic acids is 1. The van der Waals surface area contributed by atoms with Crippen molar-refractivity contribution in [1.29, 1.82) is 0 Å². The average Bonchev–Trinajstić information content (AvgIpc) is 2.46. The summed E-state index contributed by atoms with van der Waals surface area (Å²) in [4.78, 5) is 13.8. The summed E-state index contributed by atoms with van der Waals surface area (Å²) in [6, 6.07) is 4.37. The predicted molar refractivity (Wildman–Crippen MR) is 77.8 cm³/mol. The first kappa shape index (κ1) is 15.7. The minimum absolute atomic E-state index is 0.131. The molecule has 1 heterocycles. The Morgan fingerprint density at radius 3 is 2.90 bits per heavy atom. The molecule has 2 atom stereocenters. The van der Waals surface area contributed by atoms with Gasteiger partial charge in [0.1, 0.15) is 5.82 Å². The second-order valence-corrected chi connectivity index (χ2v) is 5.25. The highest BCUT2D eigenvalue weighted by Gasteiger charge is 2.28. The van der Waals surface area contributed by atoms with E-state index in [4.69, 9.17) is 9.84 Å². The quantitative estimate of drug-likeness (QED) is 0.897. The van der Waals surface area contributed by atoms with Gasteiger partial charge in [-0.15, -0.1) is 0 Å². The summed E-state index contributed by atoms with van der Waals surface area (Å²) < 4.78 is 19.2. The molecule has 0 saturated carbocycles. The minimum Gasteiger partial charge on any atom is -0.394 e. The Kier molecular flexibility index (Phi) is 5.14. The van der Waals surface area contributed by atoms with Crippen molar-refractivity contribution in [3.8, 4) is 0 Å². The molecule has 116 valence electrons. The second kappa shape index (κ2) is 6.87. The van der Waals surface area contributed by atoms with Crippen LogP contribution in [-0.4, -0.2) is 47.9 Å². The third-order valence-electron chi connectivity index (χ3n) is 3.50. The van der Waals surface area contributed by atoms with Gasteiger partial charge in [0.15, 0.2) is 0 Å². The first-order valence-corrected chi connectivity index (χ1v) is 7.14. The van der Waals surface area contributed by atoms with Crippen LogP contribution in [0.5, 0.6) is 0 Å². The van der Waals surface area contributed by atoms with E-state index in [0.29, 0.717) is 30.8 Å². The van der Waals surface area contributed by atoms with Crippen LogP contribution < -0.4 is 5.32 Å². The summed E-state index contributed by atoms with van der Waals surface area (Å²) in [6.07, 6.45) is 0.0960. The molecule has 0 aromatic heterocycles. The van der Waals surface area contributed by atoms with Crippen LogP contribution in [0.25, 0.3) is 0 Å². The zero-order valence-corrected chi connectivity index (χ0v) is 12.3. The zero-order valence-electron chi connectivity index (χ0n) is 12.3. The molecule has 1 aliphatic rings. The van der Waals surface area contributed by atoms with Crippen LogP contribution >= 0.6 is 0 Å². The number of morpholine rings is 1. The number of ether oxygens (including phenoxy) is 1. The number of hydrogen-bond acceptors (Lipinski definition) is 3. The largest absolute Gasteiger partial charge is 0.394 e. The molecule has 2 amide bonds. The molecule has 21 heavy (non-hydrogen) atoms. The van der Waals surface area contributed by atoms with Crippen molar-refractivity contribution in [3.05, 3.63) is 29.6 Å². The number of hydrogen-bond donors (Lipinski definition) is 2. The molecule has 1 aliphatic heterocycles. The Hall–Kier alpha value is -1.66. The van der Waals surface area contributed by atoms with Crippen molar-refractivity contribution >= 4 is 11.7 Å². The highest BCUT2D eigenvalue weighted by atomic mass is 19.1. The van der Waals surface area contributed by atoms with Crippen molar-refractivity contribution in [1.82, 2.24) is 4.90 Å². The van der Waals surface area contributed by atoms with E-state index in [2.05, 4.69) is 5.32 Å². The molecule has 0 bridgehead atoms. The number of rotatable bonds is 3. The molecule has 2 rings (SSSR count). The molecule has 1 saturated heterocycles. The van der Waals surface area contributed by atoms with E-state index >= 15 is 0 Å². The lowest BCUT2D eigenvalue weighted by molar-refractivity contribution is -0.0822. The topological polar surface area (TPSA) is 61.8 Å². The maximum Gasteiger partial charge on any atom is 0.322 e. The number of anilines is 1. The summed E-state index contributed by atoms with van der Waals surface area (Å²) >= 11 is 0. The first-order chi connectivity index (χ1) is 10.0. The van der Waals surface area contributed by atoms with Crippen LogP contribution in [0.2, 0.25) is 0 Å². The van der Waals surface area contributed by atoms with Crippen LogP contribution in [0.4, 0.5) is 14.9 Å². The van der Waals surface area contributed by atoms with Crippen molar-refractivity contribution in [2.24, 2.45) is 0 Å². The fourth-order valence-electron chi connectivity index (χ4n) is 2.43. The van der Waals surface area contributed by atoms with Gasteiger partial charge in [0.2, 0.25) is 0 Å². The molecule has 2 N–H and O–H groups in total. The van der Waals surface area contributed by atoms with E-state index in [0.717, 1.165) is 0 Å². The molecule has 0 radical (unpaired) electrons. The number of benzene rings is 1. The van der Waals surface area contributed by atoms with Gasteiger partial charge in [0.05, 0.1) is 25.4 Å². The summed E-state index contributed by atoms with van der Waals surface area (Å²) in [7, 11) is 0. The number of urea groups is 1. The molecular weight excluding hydrogens is 275 g/mol. The zero-order chi connectivity index (χ0) is 15.4. The molecule has 6 heteroatoms. The number of carbonyl (C=O) groups is 1. The number of aryl methyl sites for hydroxylation is 1. The first-order valence-electron chi connectivity index (χ1n) is 7.14. The fourth-order valence-corrected chi connectivity index (χ4v) is 2.43. The standard InChI is InChI=1S/C15H21FN2O3/c1-3-11-4-5-12(6-14(11)16)17-15(20)18-7-10(2)21-13(8-18)9-19/h4-6,10,13,19H,3,7-9H2,1-2H3,(H,17,20)/t10-,13+/m1/s1. The van der Waals surface area contributed by atoms with Gasteiger partial charge in [-0.05, 0) is 31.0 Å². The van der Waals surface area contributed by atoms with E-state index in [1.54, 1.807) is 17.0 Å². The predicted octanol–water partition coefficient (Wildman–Crippen LogP) is 2.00. The van der Waals surface area contributed by atoms with Gasteiger partial charge >= 0.3 is 6.03 Å². The van der Waals surface area contributed by atoms with E-state index in [-0.39, 0.29) is 30.7 Å². The number of aliphatic hydroxyl groups is 1. The van der Waals surface area contributed by atoms with Crippen LogP contribution in [0.1, 0.15) is 19.4 Å². The number of nitrogens with one attached hydrogen (secondary N) is 1. The average molecular weight is 296 g/mol. The Balaban J connectivity index is 2.02. The number of amides is 2. The van der Waals surface area contributed by atoms with Gasteiger partial charge < -0.3 is 20.1 Å². The lowest BCUT2D eigenvalue weighted by Crippen LogP contribution is -2.51. The summed E-state index contributed by atoms with van der Waals surface area (Å²) in [5.41, 5.74) is 1.04. The lowest BCUT2D eigenvalue weighted by Gasteiger charge is -2.36. The Morgan fingerprint density at radius 1 is 1.52 bits per heavy atom.